The molecule has 0 saturated carbocycles. The monoisotopic (exact) mass is 245 g/mol. The number of hydrogen-bond acceptors (Lipinski definition) is 3. The van der Waals surface area contributed by atoms with Crippen LogP contribution in [0.1, 0.15) is 12.0 Å². The fourth-order valence-electron chi connectivity index (χ4n) is 1.90. The maximum Gasteiger partial charge on any atom is 0.419 e. The molecule has 2 N–H and O–H groups in total. The summed E-state index contributed by atoms with van der Waals surface area (Å²) >= 11 is 0. The maximum absolute atomic E-state index is 12.7. The van der Waals surface area contributed by atoms with Crippen molar-refractivity contribution in [1.82, 2.24) is 10.3 Å². The van der Waals surface area contributed by atoms with E-state index in [-0.39, 0.29) is 5.82 Å². The van der Waals surface area contributed by atoms with Crippen LogP contribution in [-0.4, -0.2) is 24.6 Å². The molecule has 2 rings (SSSR count). The van der Waals surface area contributed by atoms with E-state index in [1.54, 1.807) is 0 Å². The summed E-state index contributed by atoms with van der Waals surface area (Å²) in [6.07, 6.45) is -2.00. The highest BCUT2D eigenvalue weighted by Gasteiger charge is 2.34. The average molecular weight is 245 g/mol. The van der Waals surface area contributed by atoms with Gasteiger partial charge >= 0.3 is 6.18 Å². The Morgan fingerprint density at radius 2 is 2.29 bits per heavy atom. The van der Waals surface area contributed by atoms with E-state index < -0.39 is 11.7 Å². The number of hydrogen-bond donors (Lipinski definition) is 2. The lowest BCUT2D eigenvalue weighted by atomic mass is 10.1. The Hall–Kier alpha value is -1.30. The van der Waals surface area contributed by atoms with Gasteiger partial charge in [-0.25, -0.2) is 4.98 Å². The van der Waals surface area contributed by atoms with Crippen LogP contribution in [0.15, 0.2) is 18.3 Å². The Bertz CT molecular complexity index is 372. The van der Waals surface area contributed by atoms with Crippen LogP contribution in [-0.2, 0) is 6.18 Å². The lowest BCUT2D eigenvalue weighted by Gasteiger charge is -2.15. The Morgan fingerprint density at radius 3 is 2.94 bits per heavy atom. The molecule has 1 aliphatic rings. The lowest BCUT2D eigenvalue weighted by molar-refractivity contribution is -0.137. The highest BCUT2D eigenvalue weighted by molar-refractivity contribution is 5.45. The molecule has 3 nitrogen and oxygen atoms in total. The van der Waals surface area contributed by atoms with Gasteiger partial charge in [0.2, 0.25) is 0 Å². The van der Waals surface area contributed by atoms with Gasteiger partial charge in [-0.15, -0.1) is 0 Å². The zero-order valence-corrected chi connectivity index (χ0v) is 9.22. The fourth-order valence-corrected chi connectivity index (χ4v) is 1.90. The molecule has 1 unspecified atom stereocenters. The van der Waals surface area contributed by atoms with Crippen molar-refractivity contribution in [2.45, 2.75) is 12.6 Å². The van der Waals surface area contributed by atoms with Gasteiger partial charge in [-0.1, -0.05) is 0 Å². The molecule has 0 radical (unpaired) electrons. The first-order valence-corrected chi connectivity index (χ1v) is 5.54. The second-order valence-electron chi connectivity index (χ2n) is 4.14. The van der Waals surface area contributed by atoms with Gasteiger partial charge in [-0.05, 0) is 37.6 Å². The first-order valence-electron chi connectivity index (χ1n) is 5.54. The molecular formula is C11H14F3N3. The average Bonchev–Trinajstić information content (AvgIpc) is 2.78. The summed E-state index contributed by atoms with van der Waals surface area (Å²) in [5.74, 6) is 0.296. The van der Waals surface area contributed by atoms with Crippen LogP contribution in [0.3, 0.4) is 0 Å². The van der Waals surface area contributed by atoms with E-state index in [9.17, 15) is 13.2 Å². The minimum absolute atomic E-state index is 0.0769. The number of aromatic nitrogens is 1. The SMILES string of the molecule is FC(F)(F)c1cccnc1NCC1CCNC1. The molecule has 6 heteroatoms. The number of nitrogens with one attached hydrogen (secondary N) is 2. The van der Waals surface area contributed by atoms with Crippen LogP contribution in [0.25, 0.3) is 0 Å². The summed E-state index contributed by atoms with van der Waals surface area (Å²) in [5, 5.41) is 5.96. The molecule has 1 aromatic rings. The molecule has 0 spiro atoms. The quantitative estimate of drug-likeness (QED) is 0.856. The van der Waals surface area contributed by atoms with Gasteiger partial charge in [-0.3, -0.25) is 0 Å². The van der Waals surface area contributed by atoms with Crippen LogP contribution >= 0.6 is 0 Å². The van der Waals surface area contributed by atoms with Crippen LogP contribution in [0, 0.1) is 5.92 Å². The highest BCUT2D eigenvalue weighted by atomic mass is 19.4. The normalized spacial score (nSPS) is 20.5. The molecule has 1 fully saturated rings. The van der Waals surface area contributed by atoms with E-state index in [0.29, 0.717) is 12.5 Å². The third kappa shape index (κ3) is 3.09. The molecule has 0 bridgehead atoms. The molecule has 1 saturated heterocycles. The predicted octanol–water partition coefficient (Wildman–Crippen LogP) is 2.12. The van der Waals surface area contributed by atoms with E-state index in [0.717, 1.165) is 25.6 Å². The van der Waals surface area contributed by atoms with Crippen molar-refractivity contribution >= 4 is 5.82 Å². The zero-order valence-electron chi connectivity index (χ0n) is 9.22. The first-order chi connectivity index (χ1) is 8.07. The number of alkyl halides is 3. The molecular weight excluding hydrogens is 231 g/mol. The minimum Gasteiger partial charge on any atom is -0.369 e. The third-order valence-electron chi connectivity index (χ3n) is 2.83. The summed E-state index contributed by atoms with van der Waals surface area (Å²) < 4.78 is 38.0. The Morgan fingerprint density at radius 1 is 1.47 bits per heavy atom. The minimum atomic E-state index is -4.36. The van der Waals surface area contributed by atoms with Gasteiger partial charge in [0.15, 0.2) is 0 Å². The number of pyridine rings is 1. The number of nitrogens with zero attached hydrogens (tertiary/aromatic N) is 1. The van der Waals surface area contributed by atoms with E-state index in [4.69, 9.17) is 0 Å². The molecule has 17 heavy (non-hydrogen) atoms. The van der Waals surface area contributed by atoms with Crippen molar-refractivity contribution in [3.63, 3.8) is 0 Å². The number of rotatable bonds is 3. The smallest absolute Gasteiger partial charge is 0.369 e. The Labute approximate surface area is 97.4 Å². The molecule has 0 aromatic carbocycles. The molecule has 0 amide bonds. The standard InChI is InChI=1S/C11H14F3N3/c12-11(13,14)9-2-1-4-16-10(9)17-7-8-3-5-15-6-8/h1-2,4,8,15H,3,5-7H2,(H,16,17). The summed E-state index contributed by atoms with van der Waals surface area (Å²) in [6.45, 7) is 2.30. The van der Waals surface area contributed by atoms with Crippen molar-refractivity contribution in [2.75, 3.05) is 25.0 Å². The largest absolute Gasteiger partial charge is 0.419 e. The van der Waals surface area contributed by atoms with Crippen molar-refractivity contribution < 1.29 is 13.2 Å². The van der Waals surface area contributed by atoms with E-state index in [1.165, 1.54) is 12.3 Å². The van der Waals surface area contributed by atoms with Gasteiger partial charge in [0.05, 0.1) is 5.56 Å². The summed E-state index contributed by atoms with van der Waals surface area (Å²) in [7, 11) is 0. The van der Waals surface area contributed by atoms with Crippen LogP contribution in [0.5, 0.6) is 0 Å². The molecule has 1 aromatic heterocycles. The molecule has 94 valence electrons. The van der Waals surface area contributed by atoms with Gasteiger partial charge in [0.1, 0.15) is 5.82 Å². The van der Waals surface area contributed by atoms with Gasteiger partial charge in [0.25, 0.3) is 0 Å². The van der Waals surface area contributed by atoms with Gasteiger partial charge in [0, 0.05) is 12.7 Å². The maximum atomic E-state index is 12.7. The van der Waals surface area contributed by atoms with Crippen LogP contribution in [0.4, 0.5) is 19.0 Å². The van der Waals surface area contributed by atoms with Gasteiger partial charge in [-0.2, -0.15) is 13.2 Å². The number of anilines is 1. The summed E-state index contributed by atoms with van der Waals surface area (Å²) in [5.41, 5.74) is -0.703. The van der Waals surface area contributed by atoms with Crippen molar-refractivity contribution in [3.05, 3.63) is 23.9 Å². The van der Waals surface area contributed by atoms with Crippen molar-refractivity contribution in [2.24, 2.45) is 5.92 Å². The van der Waals surface area contributed by atoms with Crippen molar-refractivity contribution in [3.8, 4) is 0 Å². The number of halogens is 3. The molecule has 1 atom stereocenters. The lowest BCUT2D eigenvalue weighted by Crippen LogP contribution is -2.20. The summed E-state index contributed by atoms with van der Waals surface area (Å²) in [6, 6.07) is 2.34. The molecule has 2 heterocycles. The predicted molar refractivity (Wildman–Crippen MR) is 58.7 cm³/mol. The van der Waals surface area contributed by atoms with Crippen LogP contribution in [0.2, 0.25) is 0 Å². The van der Waals surface area contributed by atoms with Gasteiger partial charge < -0.3 is 10.6 Å². The Kier molecular flexibility index (Phi) is 3.51. The second kappa shape index (κ2) is 4.91. The zero-order chi connectivity index (χ0) is 12.3. The molecule has 0 aliphatic carbocycles. The Balaban J connectivity index is 2.04. The second-order valence-corrected chi connectivity index (χ2v) is 4.14. The van der Waals surface area contributed by atoms with E-state index in [2.05, 4.69) is 15.6 Å². The first kappa shape index (κ1) is 12.2. The fraction of sp³-hybridized carbons (Fsp3) is 0.545. The highest BCUT2D eigenvalue weighted by Crippen LogP contribution is 2.33. The van der Waals surface area contributed by atoms with Crippen molar-refractivity contribution in [1.29, 1.82) is 0 Å². The molecule has 1 aliphatic heterocycles. The topological polar surface area (TPSA) is 37.0 Å². The third-order valence-corrected chi connectivity index (χ3v) is 2.83. The van der Waals surface area contributed by atoms with E-state index in [1.807, 2.05) is 0 Å². The summed E-state index contributed by atoms with van der Waals surface area (Å²) in [4.78, 5) is 3.75. The van der Waals surface area contributed by atoms with E-state index >= 15 is 0 Å². The van der Waals surface area contributed by atoms with Crippen LogP contribution < -0.4 is 10.6 Å².